The highest BCUT2D eigenvalue weighted by Crippen LogP contribution is 2.33. The van der Waals surface area contributed by atoms with Crippen LogP contribution in [-0.2, 0) is 0 Å². The summed E-state index contributed by atoms with van der Waals surface area (Å²) >= 11 is 6.27. The molecule has 6 nitrogen and oxygen atoms in total. The van der Waals surface area contributed by atoms with E-state index in [2.05, 4.69) is 4.98 Å². The first-order chi connectivity index (χ1) is 15.0. The molecule has 152 valence electrons. The Bertz CT molecular complexity index is 1500. The summed E-state index contributed by atoms with van der Waals surface area (Å²) in [5.74, 6) is 0.128. The van der Waals surface area contributed by atoms with E-state index in [0.29, 0.717) is 33.4 Å². The van der Waals surface area contributed by atoms with Crippen molar-refractivity contribution in [3.63, 3.8) is 0 Å². The minimum atomic E-state index is -0.335. The lowest BCUT2D eigenvalue weighted by Crippen LogP contribution is -2.26. The van der Waals surface area contributed by atoms with Crippen LogP contribution in [0, 0.1) is 16.6 Å². The highest BCUT2D eigenvalue weighted by atomic mass is 35.5. The quantitative estimate of drug-likeness (QED) is 0.303. The van der Waals surface area contributed by atoms with Gasteiger partial charge in [-0.3, -0.25) is 19.8 Å². The number of oxazole rings is 1. The first-order valence-electron chi connectivity index (χ1n) is 9.36. The van der Waals surface area contributed by atoms with Gasteiger partial charge in [-0.1, -0.05) is 23.7 Å². The molecule has 3 aromatic heterocycles. The maximum atomic E-state index is 13.4. The zero-order chi connectivity index (χ0) is 21.5. The molecular formula is C23H15ClFN5O. The summed E-state index contributed by atoms with van der Waals surface area (Å²) in [6, 6.07) is 16.5. The van der Waals surface area contributed by atoms with E-state index in [1.807, 2.05) is 0 Å². The van der Waals surface area contributed by atoms with E-state index in [-0.39, 0.29) is 17.1 Å². The van der Waals surface area contributed by atoms with Gasteiger partial charge < -0.3 is 4.42 Å². The van der Waals surface area contributed by atoms with Crippen molar-refractivity contribution in [1.82, 2.24) is 14.0 Å². The molecule has 0 radical (unpaired) electrons. The third-order valence-corrected chi connectivity index (χ3v) is 5.30. The Hall–Kier alpha value is -3.97. The number of imidazole rings is 1. The molecule has 0 amide bonds. The van der Waals surface area contributed by atoms with Crippen molar-refractivity contribution in [3.8, 4) is 22.5 Å². The van der Waals surface area contributed by atoms with Gasteiger partial charge in [-0.05, 0) is 48.5 Å². The zero-order valence-electron chi connectivity index (χ0n) is 16.0. The van der Waals surface area contributed by atoms with Crippen molar-refractivity contribution in [2.45, 2.75) is 0 Å². The number of hydrogen-bond donors (Lipinski definition) is 2. The summed E-state index contributed by atoms with van der Waals surface area (Å²) < 4.78 is 22.1. The van der Waals surface area contributed by atoms with Crippen molar-refractivity contribution in [2.24, 2.45) is 0 Å². The van der Waals surface area contributed by atoms with E-state index in [1.54, 1.807) is 65.3 Å². The van der Waals surface area contributed by atoms with Gasteiger partial charge in [-0.2, -0.15) is 4.98 Å². The molecule has 5 rings (SSSR count). The summed E-state index contributed by atoms with van der Waals surface area (Å²) in [6.45, 7) is 0. The molecule has 31 heavy (non-hydrogen) atoms. The summed E-state index contributed by atoms with van der Waals surface area (Å²) in [7, 11) is 0. The summed E-state index contributed by atoms with van der Waals surface area (Å²) in [5.41, 5.74) is 3.38. The van der Waals surface area contributed by atoms with E-state index in [4.69, 9.17) is 26.8 Å². The smallest absolute Gasteiger partial charge is 0.306 e. The highest BCUT2D eigenvalue weighted by molar-refractivity contribution is 6.34. The average molecular weight is 432 g/mol. The highest BCUT2D eigenvalue weighted by Gasteiger charge is 2.19. The fourth-order valence-corrected chi connectivity index (χ4v) is 3.70. The van der Waals surface area contributed by atoms with Gasteiger partial charge in [0.15, 0.2) is 0 Å². The molecule has 0 unspecified atom stereocenters. The molecular weight excluding hydrogens is 417 g/mol. The second kappa shape index (κ2) is 7.37. The van der Waals surface area contributed by atoms with Crippen molar-refractivity contribution in [1.29, 1.82) is 10.8 Å². The van der Waals surface area contributed by atoms with Crippen LogP contribution in [0.5, 0.6) is 0 Å². The molecule has 2 aromatic carbocycles. The Kier molecular flexibility index (Phi) is 4.52. The third-order valence-electron chi connectivity index (χ3n) is 4.97. The average Bonchev–Trinajstić information content (AvgIpc) is 3.36. The number of halogens is 2. The van der Waals surface area contributed by atoms with Crippen LogP contribution < -0.4 is 5.49 Å². The molecule has 0 atom stereocenters. The molecule has 0 aliphatic rings. The number of nitrogens with zero attached hydrogens (tertiary/aromatic N) is 3. The van der Waals surface area contributed by atoms with Gasteiger partial charge >= 0.3 is 5.84 Å². The molecule has 0 aliphatic carbocycles. The zero-order valence-corrected chi connectivity index (χ0v) is 16.8. The van der Waals surface area contributed by atoms with E-state index >= 15 is 0 Å². The summed E-state index contributed by atoms with van der Waals surface area (Å²) in [4.78, 5) is 4.56. The van der Waals surface area contributed by atoms with Crippen LogP contribution in [-0.4, -0.2) is 19.8 Å². The van der Waals surface area contributed by atoms with Crippen LogP contribution in [0.2, 0.25) is 5.02 Å². The van der Waals surface area contributed by atoms with Crippen LogP contribution >= 0.6 is 11.6 Å². The van der Waals surface area contributed by atoms with Crippen LogP contribution in [0.4, 0.5) is 4.39 Å². The van der Waals surface area contributed by atoms with Crippen LogP contribution in [0.25, 0.3) is 28.4 Å². The number of hydrogen-bond acceptors (Lipinski definition) is 4. The number of rotatable bonds is 3. The molecule has 2 N–H and O–H groups in total. The molecule has 8 heteroatoms. The van der Waals surface area contributed by atoms with Gasteiger partial charge in [0.05, 0.1) is 10.7 Å². The number of benzene rings is 2. The van der Waals surface area contributed by atoms with Crippen molar-refractivity contribution < 1.29 is 8.81 Å². The Morgan fingerprint density at radius 1 is 1.00 bits per heavy atom. The maximum absolute atomic E-state index is 13.4. The molecule has 0 saturated carbocycles. The lowest BCUT2D eigenvalue weighted by Gasteiger charge is -2.13. The number of aromatic nitrogens is 3. The standard InChI is InChI=1S/C23H15ClFN5O/c24-18-4-2-1-3-17(18)22(27)30-13-15(7-10-19(30)26)21-20(14-5-8-16(25)9-6-14)28-23-29(21)11-12-31-23/h1-13,26-27H. The Balaban J connectivity index is 1.71. The second-order valence-electron chi connectivity index (χ2n) is 6.87. The predicted octanol–water partition coefficient (Wildman–Crippen LogP) is 5.21. The van der Waals surface area contributed by atoms with Crippen LogP contribution in [0.3, 0.4) is 0 Å². The van der Waals surface area contributed by atoms with Crippen LogP contribution in [0.15, 0.2) is 83.7 Å². The van der Waals surface area contributed by atoms with Gasteiger partial charge in [0.25, 0.3) is 0 Å². The molecule has 5 aromatic rings. The van der Waals surface area contributed by atoms with E-state index in [1.165, 1.54) is 23.0 Å². The Labute approximate surface area is 180 Å². The lowest BCUT2D eigenvalue weighted by atomic mass is 10.1. The largest absolute Gasteiger partial charge is 0.432 e. The van der Waals surface area contributed by atoms with Gasteiger partial charge in [0.2, 0.25) is 0 Å². The van der Waals surface area contributed by atoms with Crippen molar-refractivity contribution in [2.75, 3.05) is 0 Å². The van der Waals surface area contributed by atoms with Crippen molar-refractivity contribution >= 4 is 23.3 Å². The SMILES string of the molecule is N=C(c1ccccc1Cl)n1cc(-c2c(-c3ccc(F)cc3)nc3occn23)ccc1=N. The number of pyridine rings is 1. The first-order valence-corrected chi connectivity index (χ1v) is 9.74. The van der Waals surface area contributed by atoms with Gasteiger partial charge in [0.1, 0.15) is 29.1 Å². The Morgan fingerprint density at radius 3 is 2.52 bits per heavy atom. The monoisotopic (exact) mass is 431 g/mol. The molecule has 0 bridgehead atoms. The van der Waals surface area contributed by atoms with Crippen LogP contribution in [0.1, 0.15) is 5.56 Å². The fourth-order valence-electron chi connectivity index (χ4n) is 3.48. The van der Waals surface area contributed by atoms with Gasteiger partial charge in [0, 0.05) is 29.1 Å². The second-order valence-corrected chi connectivity index (χ2v) is 7.28. The first kappa shape index (κ1) is 19.0. The topological polar surface area (TPSA) is 83.1 Å². The molecule has 0 fully saturated rings. The van der Waals surface area contributed by atoms with E-state index < -0.39 is 0 Å². The van der Waals surface area contributed by atoms with Crippen molar-refractivity contribution in [3.05, 3.63) is 101 Å². The summed E-state index contributed by atoms with van der Waals surface area (Å²) in [5, 5.41) is 17.4. The fraction of sp³-hybridized carbons (Fsp3) is 0. The molecule has 0 spiro atoms. The molecule has 0 aliphatic heterocycles. The van der Waals surface area contributed by atoms with Gasteiger partial charge in [-0.15, -0.1) is 0 Å². The lowest BCUT2D eigenvalue weighted by molar-refractivity contribution is 0.596. The Morgan fingerprint density at radius 2 is 1.74 bits per heavy atom. The predicted molar refractivity (Wildman–Crippen MR) is 116 cm³/mol. The minimum absolute atomic E-state index is 0.0775. The molecule has 0 saturated heterocycles. The number of fused-ring (bicyclic) bond motifs is 1. The number of nitrogens with one attached hydrogen (secondary N) is 2. The maximum Gasteiger partial charge on any atom is 0.306 e. The summed E-state index contributed by atoms with van der Waals surface area (Å²) in [6.07, 6.45) is 4.96. The van der Waals surface area contributed by atoms with Gasteiger partial charge in [-0.25, -0.2) is 4.39 Å². The van der Waals surface area contributed by atoms with E-state index in [0.717, 1.165) is 5.56 Å². The molecule has 3 heterocycles. The normalized spacial score (nSPS) is 11.2. The third kappa shape index (κ3) is 3.25. The minimum Gasteiger partial charge on any atom is -0.432 e. The van der Waals surface area contributed by atoms with E-state index in [9.17, 15) is 4.39 Å².